The first-order valence-electron chi connectivity index (χ1n) is 4.79. The average molecular weight is 257 g/mol. The summed E-state index contributed by atoms with van der Waals surface area (Å²) >= 11 is -2.18. The van der Waals surface area contributed by atoms with Crippen LogP contribution in [-0.4, -0.2) is 28.3 Å². The number of amides is 1. The number of ether oxygens (including phenoxy) is 1. The van der Waals surface area contributed by atoms with E-state index in [0.29, 0.717) is 17.0 Å². The van der Waals surface area contributed by atoms with E-state index in [2.05, 4.69) is 5.32 Å². The zero-order valence-corrected chi connectivity index (χ0v) is 10.1. The number of rotatable bonds is 5. The van der Waals surface area contributed by atoms with Crippen LogP contribution in [0.1, 0.15) is 5.56 Å². The number of hydrogen-bond acceptors (Lipinski definition) is 5. The Labute approximate surface area is 101 Å². The second kappa shape index (κ2) is 6.33. The highest BCUT2D eigenvalue weighted by Crippen LogP contribution is 2.25. The highest BCUT2D eigenvalue weighted by molar-refractivity contribution is 7.78. The molecule has 1 aromatic rings. The highest BCUT2D eigenvalue weighted by Gasteiger charge is 2.07. The fraction of sp³-hybridized carbons (Fsp3) is 0.300. The molecule has 1 unspecified atom stereocenters. The van der Waals surface area contributed by atoms with Crippen LogP contribution in [0.4, 0.5) is 5.69 Å². The van der Waals surface area contributed by atoms with Crippen LogP contribution in [0.3, 0.4) is 0 Å². The number of carbonyl (C=O) groups is 1. The number of benzene rings is 1. The van der Waals surface area contributed by atoms with Crippen molar-refractivity contribution >= 4 is 22.7 Å². The minimum Gasteiger partial charge on any atom is -0.772 e. The smallest absolute Gasteiger partial charge is 0.238 e. The second-order valence-electron chi connectivity index (χ2n) is 3.24. The summed E-state index contributed by atoms with van der Waals surface area (Å²) in [5.41, 5.74) is 6.15. The van der Waals surface area contributed by atoms with Crippen molar-refractivity contribution in [1.82, 2.24) is 0 Å². The number of hydrogen-bond donors (Lipinski definition) is 2. The number of carbonyl (C=O) groups excluding carboxylic acids is 1. The summed E-state index contributed by atoms with van der Waals surface area (Å²) in [6, 6.07) is 4.75. The Kier molecular flexibility index (Phi) is 5.08. The molecule has 0 heterocycles. The number of methoxy groups -OCH3 is 1. The van der Waals surface area contributed by atoms with Gasteiger partial charge in [-0.25, -0.2) is 0 Å². The molecule has 0 fully saturated rings. The summed E-state index contributed by atoms with van der Waals surface area (Å²) < 4.78 is 26.2. The van der Waals surface area contributed by atoms with Crippen molar-refractivity contribution in [1.29, 1.82) is 0 Å². The Hall–Kier alpha value is -1.44. The van der Waals surface area contributed by atoms with Gasteiger partial charge in [0.05, 0.1) is 19.3 Å². The predicted octanol–water partition coefficient (Wildman–Crippen LogP) is -0.0285. The Morgan fingerprint density at radius 2 is 2.29 bits per heavy atom. The molecule has 1 amide bonds. The molecule has 1 aromatic carbocycles. The van der Waals surface area contributed by atoms with Crippen molar-refractivity contribution < 1.29 is 18.3 Å². The van der Waals surface area contributed by atoms with E-state index in [1.807, 2.05) is 0 Å². The minimum atomic E-state index is -2.18. The Balaban J connectivity index is 2.97. The lowest BCUT2D eigenvalue weighted by Crippen LogP contribution is -2.22. The Morgan fingerprint density at radius 1 is 1.59 bits per heavy atom. The minimum absolute atomic E-state index is 0.116. The topological polar surface area (TPSA) is 104 Å². The molecule has 7 heteroatoms. The van der Waals surface area contributed by atoms with E-state index < -0.39 is 11.1 Å². The SMILES string of the molecule is COc1ccc(CS(=O)[O-])cc1NC(=O)CN. The van der Waals surface area contributed by atoms with Gasteiger partial charge in [0.1, 0.15) is 5.75 Å². The molecule has 0 saturated heterocycles. The van der Waals surface area contributed by atoms with E-state index in [0.717, 1.165) is 0 Å². The number of nitrogens with one attached hydrogen (secondary N) is 1. The molecule has 1 atom stereocenters. The Bertz CT molecular complexity index is 436. The van der Waals surface area contributed by atoms with Crippen molar-refractivity contribution in [2.75, 3.05) is 19.0 Å². The van der Waals surface area contributed by atoms with E-state index >= 15 is 0 Å². The third kappa shape index (κ3) is 4.14. The zero-order chi connectivity index (χ0) is 12.8. The van der Waals surface area contributed by atoms with Gasteiger partial charge in [-0.1, -0.05) is 17.1 Å². The molecule has 17 heavy (non-hydrogen) atoms. The molecule has 0 aliphatic carbocycles. The normalized spacial score (nSPS) is 11.9. The molecule has 0 saturated carbocycles. The van der Waals surface area contributed by atoms with Crippen molar-refractivity contribution in [2.24, 2.45) is 5.73 Å². The van der Waals surface area contributed by atoms with Crippen molar-refractivity contribution in [3.05, 3.63) is 23.8 Å². The van der Waals surface area contributed by atoms with Gasteiger partial charge < -0.3 is 20.3 Å². The number of nitrogens with two attached hydrogens (primary N) is 1. The van der Waals surface area contributed by atoms with Crippen LogP contribution in [0, 0.1) is 0 Å². The summed E-state index contributed by atoms with van der Waals surface area (Å²) in [4.78, 5) is 11.2. The first-order valence-corrected chi connectivity index (χ1v) is 6.04. The Morgan fingerprint density at radius 3 is 2.82 bits per heavy atom. The average Bonchev–Trinajstić information content (AvgIpc) is 2.28. The molecule has 0 bridgehead atoms. The van der Waals surface area contributed by atoms with Gasteiger partial charge in [0.2, 0.25) is 5.91 Å². The van der Waals surface area contributed by atoms with E-state index in [1.54, 1.807) is 18.2 Å². The fourth-order valence-corrected chi connectivity index (χ4v) is 1.73. The van der Waals surface area contributed by atoms with Crippen LogP contribution in [0.5, 0.6) is 5.75 Å². The maximum absolute atomic E-state index is 11.2. The maximum Gasteiger partial charge on any atom is 0.238 e. The maximum atomic E-state index is 11.2. The van der Waals surface area contributed by atoms with Gasteiger partial charge in [0.25, 0.3) is 0 Å². The van der Waals surface area contributed by atoms with Crippen LogP contribution in [-0.2, 0) is 21.6 Å². The van der Waals surface area contributed by atoms with Crippen LogP contribution in [0.2, 0.25) is 0 Å². The number of anilines is 1. The first kappa shape index (κ1) is 13.6. The summed E-state index contributed by atoms with van der Waals surface area (Å²) in [5, 5.41) is 2.53. The molecule has 1 rings (SSSR count). The predicted molar refractivity (Wildman–Crippen MR) is 63.3 cm³/mol. The van der Waals surface area contributed by atoms with Gasteiger partial charge in [-0.3, -0.25) is 9.00 Å². The van der Waals surface area contributed by atoms with Gasteiger partial charge >= 0.3 is 0 Å². The van der Waals surface area contributed by atoms with Crippen molar-refractivity contribution in [3.63, 3.8) is 0 Å². The molecule has 6 nitrogen and oxygen atoms in total. The lowest BCUT2D eigenvalue weighted by molar-refractivity contribution is -0.114. The lowest BCUT2D eigenvalue weighted by Gasteiger charge is -2.12. The van der Waals surface area contributed by atoms with Crippen molar-refractivity contribution in [2.45, 2.75) is 5.75 Å². The second-order valence-corrected chi connectivity index (χ2v) is 4.13. The summed E-state index contributed by atoms with van der Waals surface area (Å²) in [6.07, 6.45) is 0. The molecular weight excluding hydrogens is 244 g/mol. The van der Waals surface area contributed by atoms with Crippen molar-refractivity contribution in [3.8, 4) is 5.75 Å². The van der Waals surface area contributed by atoms with Crippen LogP contribution in [0.15, 0.2) is 18.2 Å². The van der Waals surface area contributed by atoms with Gasteiger partial charge in [0, 0.05) is 5.75 Å². The molecule has 0 spiro atoms. The van der Waals surface area contributed by atoms with E-state index in [1.165, 1.54) is 7.11 Å². The molecule has 0 aliphatic heterocycles. The quantitative estimate of drug-likeness (QED) is 0.721. The third-order valence-corrected chi connectivity index (χ3v) is 2.58. The van der Waals surface area contributed by atoms with Gasteiger partial charge in [-0.2, -0.15) is 0 Å². The van der Waals surface area contributed by atoms with E-state index in [4.69, 9.17) is 10.5 Å². The van der Waals surface area contributed by atoms with Crippen LogP contribution in [0.25, 0.3) is 0 Å². The van der Waals surface area contributed by atoms with Gasteiger partial charge in [-0.05, 0) is 17.7 Å². The summed E-state index contributed by atoms with van der Waals surface area (Å²) in [6.45, 7) is -0.152. The van der Waals surface area contributed by atoms with E-state index in [9.17, 15) is 13.6 Å². The summed E-state index contributed by atoms with van der Waals surface area (Å²) in [5.74, 6) is -0.0360. The standard InChI is InChI=1S/C10H14N2O4S/c1-16-9-3-2-7(6-17(14)15)4-8(9)12-10(13)5-11/h2-4H,5-6,11H2,1H3,(H,12,13)(H,14,15)/p-1. The van der Waals surface area contributed by atoms with E-state index in [-0.39, 0.29) is 18.2 Å². The van der Waals surface area contributed by atoms with Crippen LogP contribution < -0.4 is 15.8 Å². The van der Waals surface area contributed by atoms with Crippen LogP contribution >= 0.6 is 0 Å². The zero-order valence-electron chi connectivity index (χ0n) is 9.26. The largest absolute Gasteiger partial charge is 0.772 e. The molecule has 0 radical (unpaired) electrons. The molecule has 3 N–H and O–H groups in total. The third-order valence-electron chi connectivity index (χ3n) is 2.01. The molecular formula is C10H13N2O4S-. The summed E-state index contributed by atoms with van der Waals surface area (Å²) in [7, 11) is 1.46. The van der Waals surface area contributed by atoms with Gasteiger partial charge in [0.15, 0.2) is 0 Å². The monoisotopic (exact) mass is 257 g/mol. The molecule has 94 valence electrons. The highest BCUT2D eigenvalue weighted by atomic mass is 32.2. The first-order chi connectivity index (χ1) is 8.06. The molecule has 0 aliphatic rings. The van der Waals surface area contributed by atoms with Gasteiger partial charge in [-0.15, -0.1) is 0 Å². The fourth-order valence-electron chi connectivity index (χ4n) is 1.28. The molecule has 0 aromatic heterocycles. The lowest BCUT2D eigenvalue weighted by atomic mass is 10.2.